The largest absolute Gasteiger partial charge is 0.350 e. The lowest BCUT2D eigenvalue weighted by molar-refractivity contribution is -0.120. The maximum atomic E-state index is 13.4. The van der Waals surface area contributed by atoms with Crippen LogP contribution in [0, 0.1) is 19.7 Å². The second-order valence-electron chi connectivity index (χ2n) is 7.13. The van der Waals surface area contributed by atoms with Crippen LogP contribution >= 0.6 is 15.9 Å². The van der Waals surface area contributed by atoms with Crippen molar-refractivity contribution in [2.75, 3.05) is 10.2 Å². The predicted octanol–water partition coefficient (Wildman–Crippen LogP) is 5.60. The maximum Gasteiger partial charge on any atom is 0.282 e. The number of carbonyl (C=O) groups is 2. The van der Waals surface area contributed by atoms with Gasteiger partial charge in [0.2, 0.25) is 0 Å². The van der Waals surface area contributed by atoms with Crippen molar-refractivity contribution in [3.05, 3.63) is 99.4 Å². The first-order valence-corrected chi connectivity index (χ1v) is 10.1. The van der Waals surface area contributed by atoms with Crippen molar-refractivity contribution in [1.29, 1.82) is 0 Å². The second kappa shape index (κ2) is 7.88. The number of nitrogens with one attached hydrogen (secondary N) is 1. The van der Waals surface area contributed by atoms with Crippen LogP contribution < -0.4 is 10.2 Å². The zero-order valence-electron chi connectivity index (χ0n) is 16.4. The van der Waals surface area contributed by atoms with E-state index in [1.807, 2.05) is 56.3 Å². The Hall–Kier alpha value is -3.25. The maximum absolute atomic E-state index is 13.4. The molecule has 0 spiro atoms. The number of benzene rings is 3. The van der Waals surface area contributed by atoms with Gasteiger partial charge in [-0.1, -0.05) is 45.8 Å². The Morgan fingerprint density at radius 2 is 1.63 bits per heavy atom. The molecule has 4 rings (SSSR count). The lowest BCUT2D eigenvalue weighted by Crippen LogP contribution is -2.32. The average molecular weight is 465 g/mol. The first kappa shape index (κ1) is 20.0. The number of hydrogen-bond acceptors (Lipinski definition) is 3. The lowest BCUT2D eigenvalue weighted by atomic mass is 9.97. The lowest BCUT2D eigenvalue weighted by Gasteiger charge is -2.15. The zero-order chi connectivity index (χ0) is 21.4. The molecule has 0 unspecified atom stereocenters. The van der Waals surface area contributed by atoms with Crippen LogP contribution in [0.1, 0.15) is 16.7 Å². The van der Waals surface area contributed by atoms with Crippen molar-refractivity contribution in [1.82, 2.24) is 0 Å². The molecule has 0 fully saturated rings. The van der Waals surface area contributed by atoms with Crippen molar-refractivity contribution < 1.29 is 14.0 Å². The number of nitrogens with zero attached hydrogens (tertiary/aromatic N) is 1. The fraction of sp³-hybridized carbons (Fsp3) is 0.0833. The van der Waals surface area contributed by atoms with Crippen molar-refractivity contribution in [2.24, 2.45) is 0 Å². The first-order chi connectivity index (χ1) is 14.3. The van der Waals surface area contributed by atoms with Crippen LogP contribution in [0.25, 0.3) is 5.57 Å². The molecule has 30 heavy (non-hydrogen) atoms. The number of anilines is 2. The fourth-order valence-electron chi connectivity index (χ4n) is 3.52. The van der Waals surface area contributed by atoms with Gasteiger partial charge in [-0.2, -0.15) is 0 Å². The third-order valence-corrected chi connectivity index (χ3v) is 5.41. The molecule has 0 saturated heterocycles. The van der Waals surface area contributed by atoms with Gasteiger partial charge in [-0.15, -0.1) is 0 Å². The van der Waals surface area contributed by atoms with Gasteiger partial charge < -0.3 is 5.32 Å². The molecule has 3 aromatic rings. The Labute approximate surface area is 182 Å². The topological polar surface area (TPSA) is 49.4 Å². The molecule has 0 aromatic heterocycles. The summed E-state index contributed by atoms with van der Waals surface area (Å²) >= 11 is 3.42. The van der Waals surface area contributed by atoms with E-state index in [0.29, 0.717) is 22.5 Å². The minimum atomic E-state index is -0.485. The van der Waals surface area contributed by atoms with Gasteiger partial charge in [-0.3, -0.25) is 9.59 Å². The number of aryl methyl sites for hydroxylation is 2. The van der Waals surface area contributed by atoms with Crippen molar-refractivity contribution >= 4 is 44.7 Å². The summed E-state index contributed by atoms with van der Waals surface area (Å²) in [5, 5.41) is 3.13. The molecule has 0 aliphatic carbocycles. The summed E-state index contributed by atoms with van der Waals surface area (Å²) in [7, 11) is 0. The summed E-state index contributed by atoms with van der Waals surface area (Å²) < 4.78 is 14.2. The molecule has 0 radical (unpaired) electrons. The van der Waals surface area contributed by atoms with Gasteiger partial charge in [-0.05, 0) is 67.4 Å². The molecule has 1 aliphatic rings. The van der Waals surface area contributed by atoms with Crippen LogP contribution in [0.2, 0.25) is 0 Å². The molecule has 0 atom stereocenters. The summed E-state index contributed by atoms with van der Waals surface area (Å²) in [6.45, 7) is 3.88. The second-order valence-corrected chi connectivity index (χ2v) is 8.04. The molecular weight excluding hydrogens is 447 g/mol. The van der Waals surface area contributed by atoms with Crippen LogP contribution in [0.4, 0.5) is 15.8 Å². The molecule has 0 bridgehead atoms. The van der Waals surface area contributed by atoms with Gasteiger partial charge in [0.05, 0.1) is 11.3 Å². The van der Waals surface area contributed by atoms with Gasteiger partial charge in [0, 0.05) is 10.2 Å². The van der Waals surface area contributed by atoms with E-state index in [2.05, 4.69) is 21.2 Å². The monoisotopic (exact) mass is 464 g/mol. The van der Waals surface area contributed by atoms with Crippen molar-refractivity contribution in [2.45, 2.75) is 13.8 Å². The minimum Gasteiger partial charge on any atom is -0.350 e. The van der Waals surface area contributed by atoms with E-state index in [1.54, 1.807) is 0 Å². The molecule has 2 amide bonds. The molecule has 150 valence electrons. The van der Waals surface area contributed by atoms with Gasteiger partial charge in [0.15, 0.2) is 0 Å². The molecule has 4 nitrogen and oxygen atoms in total. The third-order valence-electron chi connectivity index (χ3n) is 4.91. The molecule has 1 N–H and O–H groups in total. The Balaban J connectivity index is 1.86. The van der Waals surface area contributed by atoms with Gasteiger partial charge in [-0.25, -0.2) is 9.29 Å². The summed E-state index contributed by atoms with van der Waals surface area (Å²) in [5.74, 6) is -1.37. The minimum absolute atomic E-state index is 0.189. The molecule has 1 heterocycles. The van der Waals surface area contributed by atoms with Crippen LogP contribution in [0.3, 0.4) is 0 Å². The standard InChI is InChI=1S/C24H18BrFN2O2/c1-14-6-11-20(15(2)12-14)21-22(27-18-5-3-4-16(25)13-18)24(30)28(23(21)29)19-9-7-17(26)8-10-19/h3-13,27H,1-2H3. The van der Waals surface area contributed by atoms with Gasteiger partial charge >= 0.3 is 0 Å². The quantitative estimate of drug-likeness (QED) is 0.511. The highest BCUT2D eigenvalue weighted by atomic mass is 79.9. The fourth-order valence-corrected chi connectivity index (χ4v) is 3.92. The smallest absolute Gasteiger partial charge is 0.282 e. The Bertz CT molecular complexity index is 1200. The van der Waals surface area contributed by atoms with Crippen LogP contribution in [0.5, 0.6) is 0 Å². The number of hydrogen-bond donors (Lipinski definition) is 1. The van der Waals surface area contributed by atoms with Gasteiger partial charge in [0.25, 0.3) is 11.8 Å². The van der Waals surface area contributed by atoms with E-state index in [9.17, 15) is 14.0 Å². The van der Waals surface area contributed by atoms with E-state index in [4.69, 9.17) is 0 Å². The van der Waals surface area contributed by atoms with Gasteiger partial charge in [0.1, 0.15) is 11.5 Å². The first-order valence-electron chi connectivity index (χ1n) is 9.34. The van der Waals surface area contributed by atoms with Crippen molar-refractivity contribution in [3.8, 4) is 0 Å². The normalized spacial score (nSPS) is 13.9. The van der Waals surface area contributed by atoms with Crippen LogP contribution in [-0.2, 0) is 9.59 Å². The van der Waals surface area contributed by atoms with E-state index in [1.165, 1.54) is 24.3 Å². The van der Waals surface area contributed by atoms with Crippen LogP contribution in [0.15, 0.2) is 76.9 Å². The molecule has 1 aliphatic heterocycles. The third kappa shape index (κ3) is 3.66. The summed E-state index contributed by atoms with van der Waals surface area (Å²) in [6.07, 6.45) is 0. The Morgan fingerprint density at radius 1 is 0.900 bits per heavy atom. The van der Waals surface area contributed by atoms with Crippen LogP contribution in [-0.4, -0.2) is 11.8 Å². The molecular formula is C24H18BrFN2O2. The number of carbonyl (C=O) groups excluding carboxylic acids is 2. The predicted molar refractivity (Wildman–Crippen MR) is 119 cm³/mol. The summed E-state index contributed by atoms with van der Waals surface area (Å²) in [4.78, 5) is 27.8. The number of halogens is 2. The average Bonchev–Trinajstić information content (AvgIpc) is 2.93. The molecule has 0 saturated carbocycles. The molecule has 6 heteroatoms. The Kier molecular flexibility index (Phi) is 5.26. The number of rotatable bonds is 4. The summed E-state index contributed by atoms with van der Waals surface area (Å²) in [5.41, 5.74) is 4.10. The van der Waals surface area contributed by atoms with E-state index >= 15 is 0 Å². The van der Waals surface area contributed by atoms with E-state index in [-0.39, 0.29) is 5.70 Å². The van der Waals surface area contributed by atoms with Crippen molar-refractivity contribution in [3.63, 3.8) is 0 Å². The van der Waals surface area contributed by atoms with E-state index < -0.39 is 17.6 Å². The highest BCUT2D eigenvalue weighted by Crippen LogP contribution is 2.35. The zero-order valence-corrected chi connectivity index (χ0v) is 18.0. The SMILES string of the molecule is Cc1ccc(C2=C(Nc3cccc(Br)c3)C(=O)N(c3ccc(F)cc3)C2=O)c(C)c1. The molecule has 3 aromatic carbocycles. The summed E-state index contributed by atoms with van der Waals surface area (Å²) in [6, 6.07) is 18.4. The highest BCUT2D eigenvalue weighted by Gasteiger charge is 2.40. The number of imide groups is 1. The Morgan fingerprint density at radius 3 is 2.30 bits per heavy atom. The van der Waals surface area contributed by atoms with E-state index in [0.717, 1.165) is 20.5 Å². The number of amides is 2. The highest BCUT2D eigenvalue weighted by molar-refractivity contribution is 9.10.